The quantitative estimate of drug-likeness (QED) is 0.832. The number of carbonyl (C=O) groups excluding carboxylic acids is 1. The Hall–Kier alpha value is -1.05. The minimum absolute atomic E-state index is 0.0537. The Kier molecular flexibility index (Phi) is 4.84. The zero-order chi connectivity index (χ0) is 13.8. The molecule has 0 spiro atoms. The Balaban J connectivity index is 1.96. The second-order valence-electron chi connectivity index (χ2n) is 4.20. The molecule has 2 rings (SSSR count). The van der Waals surface area contributed by atoms with Crippen LogP contribution in [-0.2, 0) is 9.53 Å². The predicted molar refractivity (Wildman–Crippen MR) is 69.9 cm³/mol. The van der Waals surface area contributed by atoms with E-state index >= 15 is 0 Å². The number of ether oxygens (including phenoxy) is 1. The molecule has 19 heavy (non-hydrogen) atoms. The molecule has 2 N–H and O–H groups in total. The van der Waals surface area contributed by atoms with Crippen LogP contribution < -0.4 is 10.6 Å². The first-order valence-electron chi connectivity index (χ1n) is 5.83. The number of halogens is 3. The highest BCUT2D eigenvalue weighted by Crippen LogP contribution is 2.23. The minimum Gasteiger partial charge on any atom is -0.375 e. The molecule has 1 unspecified atom stereocenters. The van der Waals surface area contributed by atoms with Crippen LogP contribution in [0.25, 0.3) is 0 Å². The fourth-order valence-electron chi connectivity index (χ4n) is 1.78. The van der Waals surface area contributed by atoms with Crippen molar-refractivity contribution in [1.29, 1.82) is 0 Å². The first kappa shape index (κ1) is 14.4. The van der Waals surface area contributed by atoms with Crippen molar-refractivity contribution >= 4 is 27.5 Å². The second kappa shape index (κ2) is 6.40. The summed E-state index contributed by atoms with van der Waals surface area (Å²) in [5, 5.41) is 5.50. The Bertz CT molecular complexity index is 479. The number of hydrogen-bond acceptors (Lipinski definition) is 3. The van der Waals surface area contributed by atoms with Crippen LogP contribution in [0.5, 0.6) is 0 Å². The molecule has 104 valence electrons. The number of morpholine rings is 1. The molecular formula is C12H13BrF2N2O2. The van der Waals surface area contributed by atoms with E-state index < -0.39 is 11.6 Å². The number of carbonyl (C=O) groups is 1. The lowest BCUT2D eigenvalue weighted by molar-refractivity contribution is -0.119. The maximum Gasteiger partial charge on any atom is 0.227 e. The minimum atomic E-state index is -0.809. The fraction of sp³-hybridized carbons (Fsp3) is 0.417. The van der Waals surface area contributed by atoms with Crippen molar-refractivity contribution in [3.8, 4) is 0 Å². The van der Waals surface area contributed by atoms with Gasteiger partial charge in [-0.2, -0.15) is 0 Å². The number of benzene rings is 1. The van der Waals surface area contributed by atoms with Gasteiger partial charge >= 0.3 is 0 Å². The summed E-state index contributed by atoms with van der Waals surface area (Å²) in [6.07, 6.45) is -0.0951. The van der Waals surface area contributed by atoms with Crippen LogP contribution in [0.1, 0.15) is 6.42 Å². The predicted octanol–water partition coefficient (Wildman–Crippen LogP) is 2.04. The zero-order valence-electron chi connectivity index (χ0n) is 10.0. The summed E-state index contributed by atoms with van der Waals surface area (Å²) in [4.78, 5) is 11.7. The maximum atomic E-state index is 13.5. The molecule has 4 nitrogen and oxygen atoms in total. The van der Waals surface area contributed by atoms with Gasteiger partial charge < -0.3 is 15.4 Å². The van der Waals surface area contributed by atoms with Gasteiger partial charge in [-0.1, -0.05) is 0 Å². The first-order valence-corrected chi connectivity index (χ1v) is 6.62. The topological polar surface area (TPSA) is 50.4 Å². The van der Waals surface area contributed by atoms with Gasteiger partial charge in [0.25, 0.3) is 0 Å². The lowest BCUT2D eigenvalue weighted by Gasteiger charge is -2.23. The summed E-state index contributed by atoms with van der Waals surface area (Å²) in [5.41, 5.74) is -0.0537. The highest BCUT2D eigenvalue weighted by molar-refractivity contribution is 9.10. The van der Waals surface area contributed by atoms with E-state index in [0.29, 0.717) is 13.2 Å². The van der Waals surface area contributed by atoms with Crippen molar-refractivity contribution in [3.63, 3.8) is 0 Å². The van der Waals surface area contributed by atoms with Gasteiger partial charge in [-0.3, -0.25) is 4.79 Å². The maximum absolute atomic E-state index is 13.5. The molecule has 0 bridgehead atoms. The molecule has 1 amide bonds. The number of amides is 1. The van der Waals surface area contributed by atoms with Crippen LogP contribution in [-0.4, -0.2) is 31.7 Å². The third kappa shape index (κ3) is 3.95. The van der Waals surface area contributed by atoms with Crippen molar-refractivity contribution in [2.45, 2.75) is 12.5 Å². The summed E-state index contributed by atoms with van der Waals surface area (Å²) in [5.74, 6) is -1.89. The summed E-state index contributed by atoms with van der Waals surface area (Å²) in [6.45, 7) is 1.90. The van der Waals surface area contributed by atoms with Crippen molar-refractivity contribution in [3.05, 3.63) is 28.2 Å². The fourth-order valence-corrected chi connectivity index (χ4v) is 2.12. The van der Waals surface area contributed by atoms with E-state index in [9.17, 15) is 13.6 Å². The molecule has 1 heterocycles. The summed E-state index contributed by atoms with van der Waals surface area (Å²) < 4.78 is 32.0. The molecule has 1 fully saturated rings. The number of rotatable bonds is 3. The van der Waals surface area contributed by atoms with E-state index in [-0.39, 0.29) is 28.6 Å². The molecule has 0 radical (unpaired) electrons. The average Bonchev–Trinajstić information content (AvgIpc) is 2.37. The Morgan fingerprint density at radius 1 is 1.47 bits per heavy atom. The third-order valence-electron chi connectivity index (χ3n) is 2.70. The Morgan fingerprint density at radius 2 is 2.26 bits per heavy atom. The van der Waals surface area contributed by atoms with E-state index in [1.807, 2.05) is 0 Å². The van der Waals surface area contributed by atoms with E-state index in [1.54, 1.807) is 0 Å². The third-order valence-corrected chi connectivity index (χ3v) is 3.31. The van der Waals surface area contributed by atoms with E-state index in [4.69, 9.17) is 4.74 Å². The van der Waals surface area contributed by atoms with Crippen molar-refractivity contribution in [2.24, 2.45) is 0 Å². The molecule has 1 aromatic carbocycles. The lowest BCUT2D eigenvalue weighted by Crippen LogP contribution is -2.40. The van der Waals surface area contributed by atoms with Crippen LogP contribution in [0.4, 0.5) is 14.5 Å². The van der Waals surface area contributed by atoms with Crippen LogP contribution in [0.2, 0.25) is 0 Å². The molecule has 0 aliphatic carbocycles. The molecule has 0 saturated carbocycles. The Labute approximate surface area is 117 Å². The van der Waals surface area contributed by atoms with Gasteiger partial charge in [0.05, 0.1) is 29.3 Å². The number of hydrogen-bond donors (Lipinski definition) is 2. The SMILES string of the molecule is O=C(CC1CNCCO1)Nc1cc(Br)c(F)cc1F. The van der Waals surface area contributed by atoms with Gasteiger partial charge in [-0.05, 0) is 22.0 Å². The normalized spacial score (nSPS) is 19.2. The molecule has 1 aromatic rings. The van der Waals surface area contributed by atoms with Crippen molar-refractivity contribution in [1.82, 2.24) is 5.32 Å². The highest BCUT2D eigenvalue weighted by Gasteiger charge is 2.18. The molecular weight excluding hydrogens is 322 g/mol. The molecule has 1 aliphatic rings. The first-order chi connectivity index (χ1) is 9.06. The molecule has 0 aromatic heterocycles. The van der Waals surface area contributed by atoms with Crippen LogP contribution in [0.15, 0.2) is 16.6 Å². The number of anilines is 1. The number of nitrogens with one attached hydrogen (secondary N) is 2. The second-order valence-corrected chi connectivity index (χ2v) is 5.05. The van der Waals surface area contributed by atoms with Crippen LogP contribution in [0, 0.1) is 11.6 Å². The van der Waals surface area contributed by atoms with Crippen molar-refractivity contribution in [2.75, 3.05) is 25.0 Å². The Morgan fingerprint density at radius 3 is 2.95 bits per heavy atom. The smallest absolute Gasteiger partial charge is 0.227 e. The highest BCUT2D eigenvalue weighted by atomic mass is 79.9. The zero-order valence-corrected chi connectivity index (χ0v) is 11.6. The molecule has 7 heteroatoms. The van der Waals surface area contributed by atoms with Gasteiger partial charge in [0.1, 0.15) is 11.6 Å². The van der Waals surface area contributed by atoms with Crippen LogP contribution >= 0.6 is 15.9 Å². The summed E-state index contributed by atoms with van der Waals surface area (Å²) >= 11 is 2.94. The van der Waals surface area contributed by atoms with Gasteiger partial charge in [-0.25, -0.2) is 8.78 Å². The van der Waals surface area contributed by atoms with Gasteiger partial charge in [-0.15, -0.1) is 0 Å². The average molecular weight is 335 g/mol. The molecule has 1 atom stereocenters. The summed E-state index contributed by atoms with van der Waals surface area (Å²) in [7, 11) is 0. The van der Waals surface area contributed by atoms with Gasteiger partial charge in [0.2, 0.25) is 5.91 Å². The monoisotopic (exact) mass is 334 g/mol. The molecule has 1 aliphatic heterocycles. The summed E-state index contributed by atoms with van der Waals surface area (Å²) in [6, 6.07) is 1.92. The standard InChI is InChI=1S/C12H13BrF2N2O2/c13-8-4-11(10(15)5-9(8)14)17-12(18)3-7-6-16-1-2-19-7/h4-5,7,16H,1-3,6H2,(H,17,18). The largest absolute Gasteiger partial charge is 0.375 e. The lowest BCUT2D eigenvalue weighted by atomic mass is 10.2. The van der Waals surface area contributed by atoms with Crippen molar-refractivity contribution < 1.29 is 18.3 Å². The van der Waals surface area contributed by atoms with Gasteiger partial charge in [0.15, 0.2) is 0 Å². The van der Waals surface area contributed by atoms with E-state index in [0.717, 1.165) is 12.6 Å². The van der Waals surface area contributed by atoms with Gasteiger partial charge in [0, 0.05) is 19.2 Å². The van der Waals surface area contributed by atoms with E-state index in [1.165, 1.54) is 6.07 Å². The van der Waals surface area contributed by atoms with E-state index in [2.05, 4.69) is 26.6 Å². The molecule has 1 saturated heterocycles. The van der Waals surface area contributed by atoms with Crippen LogP contribution in [0.3, 0.4) is 0 Å².